The number of nitrogens with zero attached hydrogens (tertiary/aromatic N) is 1. The van der Waals surface area contributed by atoms with E-state index in [1.54, 1.807) is 0 Å². The van der Waals surface area contributed by atoms with Crippen molar-refractivity contribution in [2.24, 2.45) is 5.16 Å². The van der Waals surface area contributed by atoms with Crippen LogP contribution in [0.4, 0.5) is 5.69 Å². The molecule has 0 saturated carbocycles. The molecule has 1 aliphatic rings. The van der Waals surface area contributed by atoms with Crippen molar-refractivity contribution < 1.29 is 9.63 Å². The predicted molar refractivity (Wildman–Crippen MR) is 94.7 cm³/mol. The molecule has 0 bridgehead atoms. The number of rotatable bonds is 3. The van der Waals surface area contributed by atoms with Gasteiger partial charge in [-0.25, -0.2) is 0 Å². The Morgan fingerprint density at radius 2 is 2.04 bits per heavy atom. The molecule has 0 spiro atoms. The third-order valence-corrected chi connectivity index (χ3v) is 4.47. The van der Waals surface area contributed by atoms with Gasteiger partial charge < -0.3 is 10.2 Å². The van der Waals surface area contributed by atoms with E-state index in [9.17, 15) is 4.79 Å². The Hall–Kier alpha value is -2.14. The Bertz CT molecular complexity index is 786. The van der Waals surface area contributed by atoms with Gasteiger partial charge in [0.1, 0.15) is 0 Å². The van der Waals surface area contributed by atoms with Gasteiger partial charge in [0.25, 0.3) is 5.91 Å². The lowest BCUT2D eigenvalue weighted by atomic mass is 10.0. The van der Waals surface area contributed by atoms with Crippen LogP contribution in [0.2, 0.25) is 0 Å². The van der Waals surface area contributed by atoms with Gasteiger partial charge in [-0.05, 0) is 43.2 Å². The monoisotopic (exact) mass is 372 g/mol. The summed E-state index contributed by atoms with van der Waals surface area (Å²) in [5.41, 5.74) is 4.76. The molecular formula is C18H17BrN2O2. The molecule has 5 heteroatoms. The third-order valence-electron chi connectivity index (χ3n) is 3.98. The van der Waals surface area contributed by atoms with Gasteiger partial charge in [-0.15, -0.1) is 0 Å². The predicted octanol–water partition coefficient (Wildman–Crippen LogP) is 4.20. The lowest BCUT2D eigenvalue weighted by Gasteiger charge is -2.12. The van der Waals surface area contributed by atoms with Crippen molar-refractivity contribution in [2.75, 3.05) is 5.32 Å². The van der Waals surface area contributed by atoms with E-state index in [1.165, 1.54) is 0 Å². The molecular weight excluding hydrogens is 356 g/mol. The minimum atomic E-state index is -0.594. The van der Waals surface area contributed by atoms with Gasteiger partial charge in [0, 0.05) is 22.1 Å². The van der Waals surface area contributed by atoms with E-state index in [0.29, 0.717) is 6.42 Å². The molecule has 1 atom stereocenters. The first-order valence-corrected chi connectivity index (χ1v) is 8.19. The quantitative estimate of drug-likeness (QED) is 0.877. The van der Waals surface area contributed by atoms with Gasteiger partial charge in [0.2, 0.25) is 6.10 Å². The summed E-state index contributed by atoms with van der Waals surface area (Å²) in [5.74, 6) is -0.174. The highest BCUT2D eigenvalue weighted by Crippen LogP contribution is 2.22. The van der Waals surface area contributed by atoms with Gasteiger partial charge in [0.05, 0.1) is 5.71 Å². The fourth-order valence-electron chi connectivity index (χ4n) is 2.46. The minimum Gasteiger partial charge on any atom is -0.382 e. The van der Waals surface area contributed by atoms with E-state index in [0.717, 1.165) is 32.6 Å². The van der Waals surface area contributed by atoms with Gasteiger partial charge >= 0.3 is 0 Å². The zero-order chi connectivity index (χ0) is 16.4. The van der Waals surface area contributed by atoms with E-state index in [1.807, 2.05) is 56.3 Å². The summed E-state index contributed by atoms with van der Waals surface area (Å²) in [5, 5.41) is 7.00. The van der Waals surface area contributed by atoms with Gasteiger partial charge in [0.15, 0.2) is 0 Å². The van der Waals surface area contributed by atoms with Crippen LogP contribution in [-0.2, 0) is 9.63 Å². The molecule has 0 fully saturated rings. The topological polar surface area (TPSA) is 50.7 Å². The number of benzene rings is 2. The molecule has 1 aliphatic heterocycles. The van der Waals surface area contributed by atoms with Gasteiger partial charge in [-0.3, -0.25) is 4.79 Å². The molecule has 0 aromatic heterocycles. The van der Waals surface area contributed by atoms with Crippen molar-refractivity contribution in [3.05, 3.63) is 63.6 Å². The van der Waals surface area contributed by atoms with E-state index in [4.69, 9.17) is 4.84 Å². The van der Waals surface area contributed by atoms with Crippen LogP contribution in [0, 0.1) is 13.8 Å². The summed E-state index contributed by atoms with van der Waals surface area (Å²) < 4.78 is 0.973. The summed E-state index contributed by atoms with van der Waals surface area (Å²) in [4.78, 5) is 17.7. The van der Waals surface area contributed by atoms with Crippen LogP contribution < -0.4 is 5.32 Å². The summed E-state index contributed by atoms with van der Waals surface area (Å²) in [6.45, 7) is 4.01. The van der Waals surface area contributed by atoms with Crippen LogP contribution >= 0.6 is 15.9 Å². The first-order chi connectivity index (χ1) is 11.0. The van der Waals surface area contributed by atoms with Crippen molar-refractivity contribution in [1.29, 1.82) is 0 Å². The number of carbonyl (C=O) groups excluding carboxylic acids is 1. The Morgan fingerprint density at radius 1 is 1.26 bits per heavy atom. The highest BCUT2D eigenvalue weighted by Gasteiger charge is 2.29. The zero-order valence-electron chi connectivity index (χ0n) is 13.0. The molecule has 23 heavy (non-hydrogen) atoms. The highest BCUT2D eigenvalue weighted by atomic mass is 79.9. The summed E-state index contributed by atoms with van der Waals surface area (Å²) in [7, 11) is 0. The van der Waals surface area contributed by atoms with E-state index < -0.39 is 6.10 Å². The van der Waals surface area contributed by atoms with Crippen LogP contribution in [0.5, 0.6) is 0 Å². The molecule has 3 rings (SSSR count). The maximum absolute atomic E-state index is 12.4. The SMILES string of the molecule is Cc1cccc(NC(=O)C2CC(c3cccc(Br)c3)=NO2)c1C. The number of aryl methyl sites for hydroxylation is 1. The van der Waals surface area contributed by atoms with Crippen molar-refractivity contribution in [3.8, 4) is 0 Å². The number of halogens is 1. The summed E-state index contributed by atoms with van der Waals surface area (Å²) in [6, 6.07) is 13.6. The Morgan fingerprint density at radius 3 is 2.83 bits per heavy atom. The van der Waals surface area contributed by atoms with Crippen LogP contribution in [-0.4, -0.2) is 17.7 Å². The lowest BCUT2D eigenvalue weighted by molar-refractivity contribution is -0.125. The summed E-state index contributed by atoms with van der Waals surface area (Å²) >= 11 is 3.44. The van der Waals surface area contributed by atoms with Crippen LogP contribution in [0.25, 0.3) is 0 Å². The first-order valence-electron chi connectivity index (χ1n) is 7.40. The normalized spacial score (nSPS) is 16.7. The smallest absolute Gasteiger partial charge is 0.268 e. The fourth-order valence-corrected chi connectivity index (χ4v) is 2.86. The number of oxime groups is 1. The number of anilines is 1. The Labute approximate surface area is 143 Å². The largest absolute Gasteiger partial charge is 0.382 e. The maximum atomic E-state index is 12.4. The van der Waals surface area contributed by atoms with E-state index in [2.05, 4.69) is 26.4 Å². The average Bonchev–Trinajstić information content (AvgIpc) is 3.02. The van der Waals surface area contributed by atoms with E-state index >= 15 is 0 Å². The number of hydrogen-bond donors (Lipinski definition) is 1. The lowest BCUT2D eigenvalue weighted by Crippen LogP contribution is -2.28. The van der Waals surface area contributed by atoms with Gasteiger partial charge in [-0.2, -0.15) is 0 Å². The van der Waals surface area contributed by atoms with Crippen molar-refractivity contribution in [1.82, 2.24) is 0 Å². The third kappa shape index (κ3) is 3.45. The molecule has 1 heterocycles. The highest BCUT2D eigenvalue weighted by molar-refractivity contribution is 9.10. The molecule has 1 N–H and O–H groups in total. The van der Waals surface area contributed by atoms with Gasteiger partial charge in [-0.1, -0.05) is 45.4 Å². The second-order valence-electron chi connectivity index (χ2n) is 5.58. The Kier molecular flexibility index (Phi) is 4.48. The standard InChI is InChI=1S/C18H17BrN2O2/c1-11-5-3-8-15(12(11)2)20-18(22)17-10-16(21-23-17)13-6-4-7-14(19)9-13/h3-9,17H,10H2,1-2H3,(H,20,22). The van der Waals surface area contributed by atoms with Crippen LogP contribution in [0.15, 0.2) is 52.1 Å². The van der Waals surface area contributed by atoms with Crippen molar-refractivity contribution in [2.45, 2.75) is 26.4 Å². The molecule has 2 aromatic rings. The molecule has 1 unspecified atom stereocenters. The van der Waals surface area contributed by atoms with E-state index in [-0.39, 0.29) is 5.91 Å². The second-order valence-corrected chi connectivity index (χ2v) is 6.50. The minimum absolute atomic E-state index is 0.174. The average molecular weight is 373 g/mol. The number of nitrogens with one attached hydrogen (secondary N) is 1. The Balaban J connectivity index is 1.68. The molecule has 1 amide bonds. The number of amides is 1. The van der Waals surface area contributed by atoms with Crippen molar-refractivity contribution in [3.63, 3.8) is 0 Å². The molecule has 4 nitrogen and oxygen atoms in total. The first kappa shape index (κ1) is 15.7. The molecule has 2 aromatic carbocycles. The molecule has 118 valence electrons. The van der Waals surface area contributed by atoms with Crippen LogP contribution in [0.1, 0.15) is 23.1 Å². The number of carbonyl (C=O) groups is 1. The fraction of sp³-hybridized carbons (Fsp3) is 0.222. The molecule has 0 aliphatic carbocycles. The molecule has 0 radical (unpaired) electrons. The number of hydrogen-bond acceptors (Lipinski definition) is 3. The maximum Gasteiger partial charge on any atom is 0.268 e. The molecule has 0 saturated heterocycles. The summed E-state index contributed by atoms with van der Waals surface area (Å²) in [6.07, 6.45) is -0.128. The second kappa shape index (κ2) is 6.54. The van der Waals surface area contributed by atoms with Crippen LogP contribution in [0.3, 0.4) is 0 Å². The van der Waals surface area contributed by atoms with Crippen molar-refractivity contribution >= 4 is 33.2 Å². The zero-order valence-corrected chi connectivity index (χ0v) is 14.6.